The van der Waals surface area contributed by atoms with Crippen LogP contribution in [0.4, 0.5) is 17.6 Å². The van der Waals surface area contributed by atoms with Gasteiger partial charge in [-0.25, -0.2) is 17.6 Å². The minimum atomic E-state index is -1.78. The molecule has 0 atom stereocenters. The van der Waals surface area contributed by atoms with Gasteiger partial charge in [0.25, 0.3) is 0 Å². The summed E-state index contributed by atoms with van der Waals surface area (Å²) < 4.78 is 48.0. The Morgan fingerprint density at radius 3 is 1.25 bits per heavy atom. The molecule has 12 heavy (non-hydrogen) atoms. The van der Waals surface area contributed by atoms with Crippen molar-refractivity contribution in [2.24, 2.45) is 11.7 Å². The predicted molar refractivity (Wildman–Crippen MR) is 34.6 cm³/mol. The fraction of sp³-hybridized carbons (Fsp3) is 0. The average molecular weight is 182 g/mol. The van der Waals surface area contributed by atoms with Crippen LogP contribution < -0.4 is 11.7 Å². The molecule has 0 aromatic heterocycles. The van der Waals surface area contributed by atoms with Gasteiger partial charge in [0.1, 0.15) is 0 Å². The van der Waals surface area contributed by atoms with E-state index in [0.717, 1.165) is 0 Å². The molecule has 68 valence electrons. The molecule has 0 saturated heterocycles. The van der Waals surface area contributed by atoms with Crippen molar-refractivity contribution in [1.29, 1.82) is 0 Å². The molecule has 0 unspecified atom stereocenters. The number of benzene rings is 1. The second kappa shape index (κ2) is 4.68. The zero-order chi connectivity index (χ0) is 9.72. The fourth-order valence-corrected chi connectivity index (χ4v) is 0.502. The topological polar surface area (TPSA) is 52.0 Å². The number of hydrogen-bond donors (Lipinski definition) is 2. The number of hydrogen-bond acceptors (Lipinski definition) is 2. The molecule has 0 aliphatic carbocycles. The molecule has 0 spiro atoms. The van der Waals surface area contributed by atoms with E-state index >= 15 is 0 Å². The molecule has 0 aliphatic heterocycles. The number of hydrazine groups is 1. The maximum Gasteiger partial charge on any atom is 0.197 e. The molecule has 1 aromatic carbocycles. The van der Waals surface area contributed by atoms with Crippen LogP contribution in [-0.2, 0) is 0 Å². The predicted octanol–water partition coefficient (Wildman–Crippen LogP) is 1.06. The van der Waals surface area contributed by atoms with Gasteiger partial charge in [-0.3, -0.25) is 11.7 Å². The molecule has 2 nitrogen and oxygen atoms in total. The van der Waals surface area contributed by atoms with Gasteiger partial charge in [0.15, 0.2) is 23.3 Å². The quantitative estimate of drug-likeness (QED) is 0.207. The van der Waals surface area contributed by atoms with E-state index in [-0.39, 0.29) is 0 Å². The van der Waals surface area contributed by atoms with Gasteiger partial charge in [0.05, 0.1) is 0 Å². The van der Waals surface area contributed by atoms with Crippen LogP contribution in [0.1, 0.15) is 0 Å². The Kier molecular flexibility index (Phi) is 4.24. The van der Waals surface area contributed by atoms with E-state index in [4.69, 9.17) is 0 Å². The van der Waals surface area contributed by atoms with Crippen LogP contribution in [0.15, 0.2) is 12.1 Å². The zero-order valence-electron chi connectivity index (χ0n) is 5.82. The molecule has 4 N–H and O–H groups in total. The Morgan fingerprint density at radius 2 is 1.00 bits per heavy atom. The highest BCUT2D eigenvalue weighted by molar-refractivity contribution is 5.10. The highest BCUT2D eigenvalue weighted by atomic mass is 19.2. The van der Waals surface area contributed by atoms with E-state index in [1.165, 1.54) is 0 Å². The first kappa shape index (κ1) is 10.9. The van der Waals surface area contributed by atoms with Gasteiger partial charge in [0, 0.05) is 0 Å². The minimum absolute atomic E-state index is 0.522. The monoisotopic (exact) mass is 182 g/mol. The van der Waals surface area contributed by atoms with Gasteiger partial charge in [-0.2, -0.15) is 0 Å². The summed E-state index contributed by atoms with van der Waals surface area (Å²) in [5.74, 6) is 1.66. The van der Waals surface area contributed by atoms with Gasteiger partial charge in [-0.05, 0) is 12.1 Å². The van der Waals surface area contributed by atoms with Gasteiger partial charge >= 0.3 is 0 Å². The Morgan fingerprint density at radius 1 is 0.750 bits per heavy atom. The molecule has 0 heterocycles. The summed E-state index contributed by atoms with van der Waals surface area (Å²) in [6, 6.07) is 1.04. The Hall–Kier alpha value is -1.14. The summed E-state index contributed by atoms with van der Waals surface area (Å²) in [5, 5.41) is 0. The van der Waals surface area contributed by atoms with Gasteiger partial charge in [-0.1, -0.05) is 0 Å². The van der Waals surface area contributed by atoms with E-state index in [0.29, 0.717) is 12.1 Å². The van der Waals surface area contributed by atoms with Crippen molar-refractivity contribution in [3.05, 3.63) is 35.4 Å². The van der Waals surface area contributed by atoms with E-state index in [9.17, 15) is 17.6 Å². The van der Waals surface area contributed by atoms with Crippen molar-refractivity contribution in [3.63, 3.8) is 0 Å². The third-order valence-electron chi connectivity index (χ3n) is 0.988. The number of nitrogens with two attached hydrogens (primary N) is 2. The lowest BCUT2D eigenvalue weighted by Crippen LogP contribution is -2.02. The first-order chi connectivity index (χ1) is 5.63. The van der Waals surface area contributed by atoms with Gasteiger partial charge < -0.3 is 0 Å². The SMILES string of the molecule is Fc1ccc(F)c(F)c1F.NN. The van der Waals surface area contributed by atoms with E-state index in [1.54, 1.807) is 0 Å². The molecular formula is C6H6F4N2. The average Bonchev–Trinajstić information content (AvgIpc) is 2.12. The standard InChI is InChI=1S/C6H2F4.H4N2/c7-3-1-2-4(8)6(10)5(3)9;1-2/h1-2H;1-2H2. The Balaban J connectivity index is 0.000000561. The van der Waals surface area contributed by atoms with Crippen LogP contribution >= 0.6 is 0 Å². The zero-order valence-corrected chi connectivity index (χ0v) is 5.82. The molecular weight excluding hydrogens is 176 g/mol. The lowest BCUT2D eigenvalue weighted by atomic mass is 10.3. The van der Waals surface area contributed by atoms with Crippen molar-refractivity contribution >= 4 is 0 Å². The van der Waals surface area contributed by atoms with Crippen LogP contribution in [-0.4, -0.2) is 0 Å². The lowest BCUT2D eigenvalue weighted by molar-refractivity contribution is 0.409. The molecule has 1 rings (SSSR count). The second-order valence-corrected chi connectivity index (χ2v) is 1.66. The van der Waals surface area contributed by atoms with Gasteiger partial charge in [-0.15, -0.1) is 0 Å². The van der Waals surface area contributed by atoms with Crippen LogP contribution in [0.25, 0.3) is 0 Å². The number of rotatable bonds is 0. The molecule has 0 aliphatic rings. The van der Waals surface area contributed by atoms with Crippen molar-refractivity contribution in [3.8, 4) is 0 Å². The molecule has 6 heteroatoms. The normalized spacial score (nSPS) is 8.83. The third-order valence-corrected chi connectivity index (χ3v) is 0.988. The summed E-state index contributed by atoms with van der Waals surface area (Å²) in [6.45, 7) is 0. The van der Waals surface area contributed by atoms with E-state index < -0.39 is 23.3 Å². The van der Waals surface area contributed by atoms with Crippen LogP contribution in [0.3, 0.4) is 0 Å². The maximum absolute atomic E-state index is 12.0. The highest BCUT2D eigenvalue weighted by Gasteiger charge is 2.11. The molecule has 0 radical (unpaired) electrons. The first-order valence-corrected chi connectivity index (χ1v) is 2.75. The second-order valence-electron chi connectivity index (χ2n) is 1.66. The summed E-state index contributed by atoms with van der Waals surface area (Å²) in [5.41, 5.74) is 0. The van der Waals surface area contributed by atoms with E-state index in [2.05, 4.69) is 11.7 Å². The van der Waals surface area contributed by atoms with Crippen molar-refractivity contribution in [2.75, 3.05) is 0 Å². The van der Waals surface area contributed by atoms with E-state index in [1.807, 2.05) is 0 Å². The molecule has 0 amide bonds. The number of halogens is 4. The highest BCUT2D eigenvalue weighted by Crippen LogP contribution is 2.12. The third kappa shape index (κ3) is 2.18. The fourth-order valence-electron chi connectivity index (χ4n) is 0.502. The van der Waals surface area contributed by atoms with Gasteiger partial charge in [0.2, 0.25) is 0 Å². The summed E-state index contributed by atoms with van der Waals surface area (Å²) >= 11 is 0. The molecule has 0 saturated carbocycles. The van der Waals surface area contributed by atoms with Crippen LogP contribution in [0, 0.1) is 23.3 Å². The molecule has 0 fully saturated rings. The summed E-state index contributed by atoms with van der Waals surface area (Å²) in [4.78, 5) is 0. The Labute approximate surface area is 65.7 Å². The largest absolute Gasteiger partial charge is 0.274 e. The Bertz CT molecular complexity index is 237. The summed E-state index contributed by atoms with van der Waals surface area (Å²) in [7, 11) is 0. The van der Waals surface area contributed by atoms with Crippen molar-refractivity contribution < 1.29 is 17.6 Å². The van der Waals surface area contributed by atoms with Crippen LogP contribution in [0.2, 0.25) is 0 Å². The minimum Gasteiger partial charge on any atom is -0.274 e. The first-order valence-electron chi connectivity index (χ1n) is 2.75. The van der Waals surface area contributed by atoms with Crippen molar-refractivity contribution in [1.82, 2.24) is 0 Å². The lowest BCUT2D eigenvalue weighted by Gasteiger charge is -1.93. The van der Waals surface area contributed by atoms with Crippen molar-refractivity contribution in [2.45, 2.75) is 0 Å². The van der Waals surface area contributed by atoms with Crippen LogP contribution in [0.5, 0.6) is 0 Å². The smallest absolute Gasteiger partial charge is 0.197 e. The molecule has 1 aromatic rings. The maximum atomic E-state index is 12.0. The molecule has 0 bridgehead atoms. The summed E-state index contributed by atoms with van der Waals surface area (Å²) in [6.07, 6.45) is 0.